The number of amides is 1. The predicted molar refractivity (Wildman–Crippen MR) is 63.0 cm³/mol. The minimum Gasteiger partial charge on any atom is -0.504 e. The number of aromatic hydroxyl groups is 2. The highest BCUT2D eigenvalue weighted by Gasteiger charge is 2.35. The van der Waals surface area contributed by atoms with Gasteiger partial charge in [0.1, 0.15) is 5.92 Å². The van der Waals surface area contributed by atoms with Gasteiger partial charge < -0.3 is 25.4 Å². The fourth-order valence-corrected chi connectivity index (χ4v) is 1.90. The molecule has 1 aromatic carbocycles. The number of carboxylic acids is 1. The van der Waals surface area contributed by atoms with Gasteiger partial charge in [-0.25, -0.2) is 0 Å². The Labute approximate surface area is 108 Å². The van der Waals surface area contributed by atoms with Crippen LogP contribution in [0.1, 0.15) is 10.4 Å². The summed E-state index contributed by atoms with van der Waals surface area (Å²) in [5, 5.41) is 30.3. The Morgan fingerprint density at radius 3 is 2.68 bits per heavy atom. The van der Waals surface area contributed by atoms with E-state index in [4.69, 9.17) is 9.84 Å². The van der Waals surface area contributed by atoms with Crippen molar-refractivity contribution in [2.75, 3.05) is 13.2 Å². The molecule has 1 fully saturated rings. The van der Waals surface area contributed by atoms with Crippen LogP contribution in [0, 0.1) is 5.92 Å². The van der Waals surface area contributed by atoms with E-state index in [2.05, 4.69) is 5.32 Å². The van der Waals surface area contributed by atoms with Gasteiger partial charge in [-0.1, -0.05) is 6.07 Å². The second kappa shape index (κ2) is 5.15. The number of para-hydroxylation sites is 1. The summed E-state index contributed by atoms with van der Waals surface area (Å²) in [6.07, 6.45) is 0. The van der Waals surface area contributed by atoms with Crippen molar-refractivity contribution in [3.8, 4) is 11.5 Å². The zero-order chi connectivity index (χ0) is 14.0. The quantitative estimate of drug-likeness (QED) is 0.569. The van der Waals surface area contributed by atoms with Gasteiger partial charge in [0.15, 0.2) is 11.5 Å². The molecule has 0 bridgehead atoms. The zero-order valence-corrected chi connectivity index (χ0v) is 9.87. The molecule has 7 heteroatoms. The third-order valence-electron chi connectivity index (χ3n) is 2.97. The molecule has 7 nitrogen and oxygen atoms in total. The number of phenols is 2. The van der Waals surface area contributed by atoms with Crippen molar-refractivity contribution in [2.24, 2.45) is 5.92 Å². The lowest BCUT2D eigenvalue weighted by Gasteiger charge is -2.16. The average Bonchev–Trinajstić information content (AvgIpc) is 2.80. The van der Waals surface area contributed by atoms with Gasteiger partial charge in [-0.15, -0.1) is 0 Å². The first-order valence-electron chi connectivity index (χ1n) is 5.63. The van der Waals surface area contributed by atoms with Crippen LogP contribution in [0.5, 0.6) is 11.5 Å². The van der Waals surface area contributed by atoms with Gasteiger partial charge >= 0.3 is 5.97 Å². The van der Waals surface area contributed by atoms with Gasteiger partial charge in [-0.2, -0.15) is 0 Å². The Morgan fingerprint density at radius 1 is 1.26 bits per heavy atom. The maximum atomic E-state index is 11.9. The summed E-state index contributed by atoms with van der Waals surface area (Å²) in [7, 11) is 0. The van der Waals surface area contributed by atoms with Crippen LogP contribution in [-0.4, -0.2) is 46.5 Å². The van der Waals surface area contributed by atoms with E-state index in [1.165, 1.54) is 18.2 Å². The van der Waals surface area contributed by atoms with Gasteiger partial charge in [0, 0.05) is 0 Å². The topological polar surface area (TPSA) is 116 Å². The normalized spacial score (nSPS) is 22.1. The summed E-state index contributed by atoms with van der Waals surface area (Å²) in [6.45, 7) is 0.134. The number of carboxylic acid groups (broad SMARTS) is 1. The van der Waals surface area contributed by atoms with E-state index in [1.807, 2.05) is 0 Å². The highest BCUT2D eigenvalue weighted by Crippen LogP contribution is 2.28. The Bertz CT molecular complexity index is 515. The first-order valence-corrected chi connectivity index (χ1v) is 5.63. The molecular weight excluding hydrogens is 254 g/mol. The van der Waals surface area contributed by atoms with Crippen molar-refractivity contribution in [1.29, 1.82) is 0 Å². The molecule has 1 amide bonds. The number of carbonyl (C=O) groups excluding carboxylic acids is 1. The zero-order valence-electron chi connectivity index (χ0n) is 9.87. The fourth-order valence-electron chi connectivity index (χ4n) is 1.90. The molecule has 19 heavy (non-hydrogen) atoms. The molecule has 1 aliphatic rings. The lowest BCUT2D eigenvalue weighted by atomic mass is 10.0. The van der Waals surface area contributed by atoms with Crippen molar-refractivity contribution in [1.82, 2.24) is 5.32 Å². The van der Waals surface area contributed by atoms with Gasteiger partial charge in [-0.3, -0.25) is 9.59 Å². The van der Waals surface area contributed by atoms with Crippen molar-refractivity contribution >= 4 is 11.9 Å². The van der Waals surface area contributed by atoms with Crippen molar-refractivity contribution in [3.63, 3.8) is 0 Å². The molecule has 0 aliphatic carbocycles. The Balaban J connectivity index is 2.13. The Kier molecular flexibility index (Phi) is 3.57. The summed E-state index contributed by atoms with van der Waals surface area (Å²) in [5.74, 6) is -3.47. The molecule has 1 heterocycles. The number of aliphatic carboxylic acids is 1. The molecule has 0 saturated carbocycles. The predicted octanol–water partition coefficient (Wildman–Crippen LogP) is -0.0728. The fraction of sp³-hybridized carbons (Fsp3) is 0.333. The Hall–Kier alpha value is -2.28. The smallest absolute Gasteiger partial charge is 0.311 e. The largest absolute Gasteiger partial charge is 0.504 e. The first kappa shape index (κ1) is 13.2. The number of hydrogen-bond donors (Lipinski definition) is 4. The van der Waals surface area contributed by atoms with Crippen LogP contribution in [0.15, 0.2) is 18.2 Å². The van der Waals surface area contributed by atoms with Gasteiger partial charge in [0.25, 0.3) is 5.91 Å². The van der Waals surface area contributed by atoms with Crippen molar-refractivity contribution in [3.05, 3.63) is 23.8 Å². The van der Waals surface area contributed by atoms with Gasteiger partial charge in [-0.05, 0) is 12.1 Å². The molecule has 1 saturated heterocycles. The molecule has 2 atom stereocenters. The Morgan fingerprint density at radius 2 is 2.00 bits per heavy atom. The third-order valence-corrected chi connectivity index (χ3v) is 2.97. The molecule has 2 rings (SSSR count). The monoisotopic (exact) mass is 267 g/mol. The molecular formula is C12H13NO6. The number of hydrogen-bond acceptors (Lipinski definition) is 5. The minimum atomic E-state index is -1.05. The van der Waals surface area contributed by atoms with Crippen molar-refractivity contribution < 1.29 is 29.6 Å². The van der Waals surface area contributed by atoms with Crippen LogP contribution in [0.2, 0.25) is 0 Å². The van der Waals surface area contributed by atoms with E-state index in [0.717, 1.165) is 0 Å². The molecule has 0 radical (unpaired) electrons. The van der Waals surface area contributed by atoms with Crippen molar-refractivity contribution in [2.45, 2.75) is 6.04 Å². The molecule has 2 unspecified atom stereocenters. The molecule has 102 valence electrons. The number of ether oxygens (including phenoxy) is 1. The maximum Gasteiger partial charge on any atom is 0.311 e. The number of phenolic OH excluding ortho intramolecular Hbond substituents is 2. The summed E-state index contributed by atoms with van der Waals surface area (Å²) >= 11 is 0. The van der Waals surface area contributed by atoms with Crippen LogP contribution in [0.25, 0.3) is 0 Å². The molecule has 1 aromatic rings. The lowest BCUT2D eigenvalue weighted by Crippen LogP contribution is -2.42. The second-order valence-electron chi connectivity index (χ2n) is 4.24. The van der Waals surface area contributed by atoms with Crippen LogP contribution < -0.4 is 5.32 Å². The van der Waals surface area contributed by atoms with Crippen LogP contribution >= 0.6 is 0 Å². The average molecular weight is 267 g/mol. The number of rotatable bonds is 3. The maximum absolute atomic E-state index is 11.9. The third kappa shape index (κ3) is 2.60. The number of carbonyl (C=O) groups is 2. The number of benzene rings is 1. The van der Waals surface area contributed by atoms with E-state index in [-0.39, 0.29) is 18.8 Å². The lowest BCUT2D eigenvalue weighted by molar-refractivity contribution is -0.142. The summed E-state index contributed by atoms with van der Waals surface area (Å²) in [5.41, 5.74) is -0.115. The molecule has 1 aliphatic heterocycles. The minimum absolute atomic E-state index is 0.0340. The second-order valence-corrected chi connectivity index (χ2v) is 4.24. The summed E-state index contributed by atoms with van der Waals surface area (Å²) in [4.78, 5) is 22.8. The van der Waals surface area contributed by atoms with Gasteiger partial charge in [0.05, 0.1) is 24.8 Å². The summed E-state index contributed by atoms with van der Waals surface area (Å²) in [6, 6.07) is 3.32. The van der Waals surface area contributed by atoms with Crippen LogP contribution in [0.3, 0.4) is 0 Å². The SMILES string of the molecule is O=C(NC1COCC1C(=O)O)c1cccc(O)c1O. The standard InChI is InChI=1S/C12H13NO6/c14-9-3-1-2-6(10(9)15)11(16)13-8-5-19-4-7(8)12(17)18/h1-3,7-8,14-15H,4-5H2,(H,13,16)(H,17,18). The van der Waals surface area contributed by atoms with E-state index in [9.17, 15) is 19.8 Å². The van der Waals surface area contributed by atoms with E-state index in [0.29, 0.717) is 0 Å². The highest BCUT2D eigenvalue weighted by molar-refractivity contribution is 5.98. The van der Waals surface area contributed by atoms with E-state index >= 15 is 0 Å². The molecule has 4 N–H and O–H groups in total. The molecule has 0 aromatic heterocycles. The highest BCUT2D eigenvalue weighted by atomic mass is 16.5. The van der Waals surface area contributed by atoms with Crippen LogP contribution in [0.4, 0.5) is 0 Å². The van der Waals surface area contributed by atoms with Gasteiger partial charge in [0.2, 0.25) is 0 Å². The van der Waals surface area contributed by atoms with E-state index < -0.39 is 35.3 Å². The van der Waals surface area contributed by atoms with Crippen LogP contribution in [-0.2, 0) is 9.53 Å². The number of nitrogens with one attached hydrogen (secondary N) is 1. The molecule has 0 spiro atoms. The van der Waals surface area contributed by atoms with E-state index in [1.54, 1.807) is 0 Å². The first-order chi connectivity index (χ1) is 9.00. The summed E-state index contributed by atoms with van der Waals surface area (Å²) < 4.78 is 5.01.